The summed E-state index contributed by atoms with van der Waals surface area (Å²) >= 11 is 6.06. The van der Waals surface area contributed by atoms with Crippen LogP contribution in [0.15, 0.2) is 48.5 Å². The number of rotatable bonds is 6. The quantitative estimate of drug-likeness (QED) is 0.784. The topological polar surface area (TPSA) is 38.3 Å². The number of carbonyl (C=O) groups is 1. The van der Waals surface area contributed by atoms with Crippen LogP contribution < -0.4 is 10.1 Å². The third-order valence-electron chi connectivity index (χ3n) is 3.87. The first-order valence-corrected chi connectivity index (χ1v) is 8.21. The minimum atomic E-state index is -0.614. The van der Waals surface area contributed by atoms with E-state index >= 15 is 0 Å². The summed E-state index contributed by atoms with van der Waals surface area (Å²) in [6, 6.07) is 15.0. The molecule has 1 amide bonds. The zero-order valence-corrected chi connectivity index (χ0v) is 14.4. The zero-order chi connectivity index (χ0) is 16.8. The fraction of sp³-hybridized carbons (Fsp3) is 0.316. The van der Waals surface area contributed by atoms with Crippen LogP contribution in [0.5, 0.6) is 5.75 Å². The number of nitrogens with one attached hydrogen (secondary N) is 1. The molecule has 0 radical (unpaired) electrons. The number of ether oxygens (including phenoxy) is 1. The van der Waals surface area contributed by atoms with Gasteiger partial charge in [-0.3, -0.25) is 4.79 Å². The Morgan fingerprint density at radius 2 is 1.78 bits per heavy atom. The van der Waals surface area contributed by atoms with E-state index in [9.17, 15) is 4.79 Å². The Balaban J connectivity index is 2.09. The van der Waals surface area contributed by atoms with Crippen molar-refractivity contribution < 1.29 is 9.53 Å². The summed E-state index contributed by atoms with van der Waals surface area (Å²) in [7, 11) is 0. The summed E-state index contributed by atoms with van der Waals surface area (Å²) in [6.07, 6.45) is 0.400. The molecule has 0 aliphatic rings. The third-order valence-corrected chi connectivity index (χ3v) is 4.20. The molecule has 0 saturated heterocycles. The van der Waals surface area contributed by atoms with E-state index in [-0.39, 0.29) is 5.91 Å². The molecule has 0 bridgehead atoms. The number of hydrogen-bond acceptors (Lipinski definition) is 2. The van der Waals surface area contributed by atoms with Crippen molar-refractivity contribution in [1.29, 1.82) is 0 Å². The van der Waals surface area contributed by atoms with Gasteiger partial charge in [0.25, 0.3) is 5.91 Å². The molecule has 2 aromatic carbocycles. The molecule has 0 aromatic heterocycles. The van der Waals surface area contributed by atoms with Crippen molar-refractivity contribution in [1.82, 2.24) is 0 Å². The molecule has 3 nitrogen and oxygen atoms in total. The van der Waals surface area contributed by atoms with Gasteiger partial charge in [-0.1, -0.05) is 55.8 Å². The van der Waals surface area contributed by atoms with Crippen molar-refractivity contribution in [2.45, 2.75) is 39.2 Å². The van der Waals surface area contributed by atoms with Crippen molar-refractivity contribution >= 4 is 23.2 Å². The van der Waals surface area contributed by atoms with Crippen molar-refractivity contribution in [3.05, 3.63) is 59.1 Å². The molecule has 0 fully saturated rings. The number of para-hydroxylation sites is 2. The van der Waals surface area contributed by atoms with Gasteiger partial charge in [-0.05, 0) is 43.0 Å². The van der Waals surface area contributed by atoms with E-state index in [2.05, 4.69) is 19.2 Å². The third kappa shape index (κ3) is 4.49. The van der Waals surface area contributed by atoms with Crippen molar-refractivity contribution in [3.8, 4) is 5.75 Å². The minimum absolute atomic E-state index is 0.225. The molecule has 0 saturated carbocycles. The van der Waals surface area contributed by atoms with Gasteiger partial charge in [0.05, 0.1) is 10.7 Å². The summed E-state index contributed by atoms with van der Waals surface area (Å²) in [5.74, 6) is 0.908. The molecule has 23 heavy (non-hydrogen) atoms. The van der Waals surface area contributed by atoms with Gasteiger partial charge in [-0.15, -0.1) is 0 Å². The lowest BCUT2D eigenvalue weighted by atomic mass is 9.98. The van der Waals surface area contributed by atoms with Gasteiger partial charge in [-0.25, -0.2) is 0 Å². The van der Waals surface area contributed by atoms with Crippen molar-refractivity contribution in [2.75, 3.05) is 5.32 Å². The van der Waals surface area contributed by atoms with Crippen molar-refractivity contribution in [2.24, 2.45) is 0 Å². The molecular formula is C19H22ClNO2. The molecule has 2 atom stereocenters. The maximum absolute atomic E-state index is 12.3. The van der Waals surface area contributed by atoms with Gasteiger partial charge in [-0.2, -0.15) is 0 Å². The van der Waals surface area contributed by atoms with E-state index in [0.717, 1.165) is 17.7 Å². The smallest absolute Gasteiger partial charge is 0.265 e. The van der Waals surface area contributed by atoms with Crippen LogP contribution in [0.4, 0.5) is 5.69 Å². The second-order valence-electron chi connectivity index (χ2n) is 5.58. The maximum Gasteiger partial charge on any atom is 0.265 e. The Labute approximate surface area is 142 Å². The number of hydrogen-bond donors (Lipinski definition) is 1. The summed E-state index contributed by atoms with van der Waals surface area (Å²) in [5, 5.41) is 3.30. The van der Waals surface area contributed by atoms with E-state index in [1.165, 1.54) is 0 Å². The van der Waals surface area contributed by atoms with E-state index in [1.54, 1.807) is 19.1 Å². The lowest BCUT2D eigenvalue weighted by Crippen LogP contribution is -2.30. The normalized spacial score (nSPS) is 13.2. The molecular weight excluding hydrogens is 310 g/mol. The second kappa shape index (κ2) is 8.02. The standard InChI is InChI=1S/C19H22ClNO2/c1-4-13(2)15-9-5-8-12-18(15)23-14(3)19(22)21-17-11-7-6-10-16(17)20/h5-14H,4H2,1-3H3,(H,21,22). The summed E-state index contributed by atoms with van der Waals surface area (Å²) in [5.41, 5.74) is 1.71. The highest BCUT2D eigenvalue weighted by Crippen LogP contribution is 2.29. The number of halogens is 1. The van der Waals surface area contributed by atoms with Crippen LogP contribution in [0.3, 0.4) is 0 Å². The zero-order valence-electron chi connectivity index (χ0n) is 13.7. The molecule has 2 aromatic rings. The average molecular weight is 332 g/mol. The SMILES string of the molecule is CCC(C)c1ccccc1OC(C)C(=O)Nc1ccccc1Cl. The predicted octanol–water partition coefficient (Wildman–Crippen LogP) is 5.26. The molecule has 4 heteroatoms. The number of carbonyl (C=O) groups excluding carboxylic acids is 1. The van der Waals surface area contributed by atoms with Gasteiger partial charge in [0.15, 0.2) is 6.10 Å². The highest BCUT2D eigenvalue weighted by atomic mass is 35.5. The minimum Gasteiger partial charge on any atom is -0.481 e. The van der Waals surface area contributed by atoms with Gasteiger partial charge in [0.1, 0.15) is 5.75 Å². The fourth-order valence-corrected chi connectivity index (χ4v) is 2.44. The molecule has 0 aliphatic carbocycles. The first kappa shape index (κ1) is 17.4. The van der Waals surface area contributed by atoms with Gasteiger partial charge in [0.2, 0.25) is 0 Å². The van der Waals surface area contributed by atoms with E-state index in [0.29, 0.717) is 16.6 Å². The monoisotopic (exact) mass is 331 g/mol. The molecule has 0 heterocycles. The van der Waals surface area contributed by atoms with E-state index in [1.807, 2.05) is 36.4 Å². The van der Waals surface area contributed by atoms with Crippen LogP contribution >= 0.6 is 11.6 Å². The molecule has 0 aliphatic heterocycles. The average Bonchev–Trinajstić information content (AvgIpc) is 2.56. The van der Waals surface area contributed by atoms with Crippen LogP contribution in [0.2, 0.25) is 5.02 Å². The second-order valence-corrected chi connectivity index (χ2v) is 5.98. The largest absolute Gasteiger partial charge is 0.481 e. The molecule has 0 spiro atoms. The Morgan fingerprint density at radius 3 is 2.48 bits per heavy atom. The lowest BCUT2D eigenvalue weighted by Gasteiger charge is -2.19. The van der Waals surface area contributed by atoms with Crippen LogP contribution in [0, 0.1) is 0 Å². The van der Waals surface area contributed by atoms with Crippen LogP contribution in [-0.4, -0.2) is 12.0 Å². The molecule has 2 rings (SSSR count). The summed E-state index contributed by atoms with van der Waals surface area (Å²) in [4.78, 5) is 12.3. The highest BCUT2D eigenvalue weighted by molar-refractivity contribution is 6.33. The van der Waals surface area contributed by atoms with Crippen LogP contribution in [-0.2, 0) is 4.79 Å². The van der Waals surface area contributed by atoms with E-state index in [4.69, 9.17) is 16.3 Å². The summed E-state index contributed by atoms with van der Waals surface area (Å²) in [6.45, 7) is 6.02. The molecule has 2 unspecified atom stereocenters. The van der Waals surface area contributed by atoms with E-state index < -0.39 is 6.10 Å². The van der Waals surface area contributed by atoms with Crippen molar-refractivity contribution in [3.63, 3.8) is 0 Å². The Kier molecular flexibility index (Phi) is 6.05. The van der Waals surface area contributed by atoms with Crippen LogP contribution in [0.1, 0.15) is 38.7 Å². The lowest BCUT2D eigenvalue weighted by molar-refractivity contribution is -0.122. The first-order chi connectivity index (χ1) is 11.0. The Morgan fingerprint density at radius 1 is 1.13 bits per heavy atom. The maximum atomic E-state index is 12.3. The molecule has 1 N–H and O–H groups in total. The summed E-state index contributed by atoms with van der Waals surface area (Å²) < 4.78 is 5.89. The predicted molar refractivity (Wildman–Crippen MR) is 95.3 cm³/mol. The van der Waals surface area contributed by atoms with Gasteiger partial charge >= 0.3 is 0 Å². The first-order valence-electron chi connectivity index (χ1n) is 7.84. The van der Waals surface area contributed by atoms with Gasteiger partial charge in [0, 0.05) is 0 Å². The molecule has 122 valence electrons. The number of benzene rings is 2. The number of anilines is 1. The fourth-order valence-electron chi connectivity index (χ4n) is 2.26. The Bertz CT molecular complexity index is 672. The van der Waals surface area contributed by atoms with Gasteiger partial charge < -0.3 is 10.1 Å². The van der Waals surface area contributed by atoms with Crippen LogP contribution in [0.25, 0.3) is 0 Å². The highest BCUT2D eigenvalue weighted by Gasteiger charge is 2.18. The number of amides is 1. The Hall–Kier alpha value is -2.00.